The summed E-state index contributed by atoms with van der Waals surface area (Å²) in [6.45, 7) is 3.20. The van der Waals surface area contributed by atoms with Crippen molar-refractivity contribution in [3.8, 4) is 0 Å². The fourth-order valence-corrected chi connectivity index (χ4v) is 3.78. The summed E-state index contributed by atoms with van der Waals surface area (Å²) in [5.41, 5.74) is 1.05. The molecule has 1 aromatic rings. The molecular weight excluding hydrogens is 332 g/mol. The third-order valence-electron chi connectivity index (χ3n) is 5.45. The molecule has 2 amide bonds. The Morgan fingerprint density at radius 1 is 0.885 bits per heavy atom. The van der Waals surface area contributed by atoms with Crippen LogP contribution in [0.3, 0.4) is 0 Å². The van der Waals surface area contributed by atoms with Gasteiger partial charge in [-0.15, -0.1) is 0 Å². The van der Waals surface area contributed by atoms with Crippen LogP contribution in [0.2, 0.25) is 0 Å². The number of likely N-dealkylation sites (tertiary alicyclic amines) is 2. The van der Waals surface area contributed by atoms with Gasteiger partial charge in [0.25, 0.3) is 0 Å². The van der Waals surface area contributed by atoms with E-state index in [1.165, 1.54) is 12.1 Å². The van der Waals surface area contributed by atoms with Gasteiger partial charge < -0.3 is 14.9 Å². The van der Waals surface area contributed by atoms with Crippen molar-refractivity contribution in [2.75, 3.05) is 26.2 Å². The summed E-state index contributed by atoms with van der Waals surface area (Å²) in [6.07, 6.45) is 4.89. The molecule has 2 saturated heterocycles. The third kappa shape index (κ3) is 4.62. The molecular formula is C20H26N2O4. The quantitative estimate of drug-likeness (QED) is 0.875. The zero-order valence-corrected chi connectivity index (χ0v) is 15.0. The minimum absolute atomic E-state index is 0.0670. The normalized spacial score (nSPS) is 18.2. The molecule has 2 heterocycles. The number of aromatic carboxylic acids is 1. The van der Waals surface area contributed by atoms with Crippen LogP contribution in [-0.2, 0) is 16.0 Å². The molecule has 0 spiro atoms. The lowest BCUT2D eigenvalue weighted by Crippen LogP contribution is -2.40. The van der Waals surface area contributed by atoms with Crippen molar-refractivity contribution in [3.05, 3.63) is 35.4 Å². The predicted octanol–water partition coefficient (Wildman–Crippen LogP) is 2.18. The lowest BCUT2D eigenvalue weighted by molar-refractivity contribution is -0.133. The van der Waals surface area contributed by atoms with Crippen LogP contribution in [0.1, 0.15) is 48.0 Å². The second kappa shape index (κ2) is 8.34. The summed E-state index contributed by atoms with van der Waals surface area (Å²) in [4.78, 5) is 39.4. The average Bonchev–Trinajstić information content (AvgIpc) is 3.17. The Hall–Kier alpha value is -2.37. The summed E-state index contributed by atoms with van der Waals surface area (Å²) >= 11 is 0. The lowest BCUT2D eigenvalue weighted by atomic mass is 9.92. The van der Waals surface area contributed by atoms with Crippen LogP contribution in [0.4, 0.5) is 0 Å². The molecule has 0 radical (unpaired) electrons. The highest BCUT2D eigenvalue weighted by Crippen LogP contribution is 2.23. The smallest absolute Gasteiger partial charge is 0.335 e. The number of carboxylic acids is 1. The molecule has 1 aromatic carbocycles. The van der Waals surface area contributed by atoms with Crippen LogP contribution in [0.15, 0.2) is 24.3 Å². The molecule has 1 N–H and O–H groups in total. The molecule has 2 aliphatic rings. The van der Waals surface area contributed by atoms with E-state index in [9.17, 15) is 14.4 Å². The number of carbonyl (C=O) groups excluding carboxylic acids is 2. The van der Waals surface area contributed by atoms with E-state index in [-0.39, 0.29) is 23.8 Å². The Bertz CT molecular complexity index is 657. The van der Waals surface area contributed by atoms with Gasteiger partial charge in [-0.05, 0) is 49.3 Å². The highest BCUT2D eigenvalue weighted by Gasteiger charge is 2.27. The van der Waals surface area contributed by atoms with E-state index in [2.05, 4.69) is 0 Å². The standard InChI is InChI=1S/C20H26N2O4/c23-18(21-9-1-2-10-21)14-16-7-11-22(12-8-16)19(24)13-15-3-5-17(6-4-15)20(25)26/h3-6,16H,1-2,7-14H2,(H,25,26). The van der Waals surface area contributed by atoms with Crippen molar-refractivity contribution in [1.82, 2.24) is 9.80 Å². The van der Waals surface area contributed by atoms with E-state index < -0.39 is 5.97 Å². The van der Waals surface area contributed by atoms with Gasteiger partial charge in [-0.3, -0.25) is 9.59 Å². The zero-order valence-electron chi connectivity index (χ0n) is 15.0. The third-order valence-corrected chi connectivity index (χ3v) is 5.45. The Kier molecular flexibility index (Phi) is 5.91. The highest BCUT2D eigenvalue weighted by molar-refractivity contribution is 5.87. The first-order valence-corrected chi connectivity index (χ1v) is 9.40. The molecule has 2 fully saturated rings. The molecule has 0 aromatic heterocycles. The lowest BCUT2D eigenvalue weighted by Gasteiger charge is -2.32. The van der Waals surface area contributed by atoms with Crippen LogP contribution in [0.5, 0.6) is 0 Å². The van der Waals surface area contributed by atoms with Crippen LogP contribution >= 0.6 is 0 Å². The Balaban J connectivity index is 1.44. The van der Waals surface area contributed by atoms with E-state index in [1.807, 2.05) is 9.80 Å². The van der Waals surface area contributed by atoms with Crippen molar-refractivity contribution >= 4 is 17.8 Å². The molecule has 0 atom stereocenters. The van der Waals surface area contributed by atoms with Crippen LogP contribution < -0.4 is 0 Å². The van der Waals surface area contributed by atoms with Crippen LogP contribution in [-0.4, -0.2) is 58.9 Å². The van der Waals surface area contributed by atoms with E-state index in [0.29, 0.717) is 25.4 Å². The molecule has 140 valence electrons. The summed E-state index contributed by atoms with van der Waals surface area (Å²) in [6, 6.07) is 6.45. The van der Waals surface area contributed by atoms with Gasteiger partial charge in [0.15, 0.2) is 0 Å². The molecule has 6 nitrogen and oxygen atoms in total. The largest absolute Gasteiger partial charge is 0.478 e. The fraction of sp³-hybridized carbons (Fsp3) is 0.550. The van der Waals surface area contributed by atoms with Crippen molar-refractivity contribution in [2.45, 2.75) is 38.5 Å². The molecule has 3 rings (SSSR count). The van der Waals surface area contributed by atoms with E-state index in [0.717, 1.165) is 44.3 Å². The van der Waals surface area contributed by atoms with Gasteiger partial charge in [-0.25, -0.2) is 4.79 Å². The van der Waals surface area contributed by atoms with Gasteiger partial charge in [0, 0.05) is 32.6 Å². The maximum absolute atomic E-state index is 12.5. The number of piperidine rings is 1. The summed E-state index contributed by atoms with van der Waals surface area (Å²) in [7, 11) is 0. The van der Waals surface area contributed by atoms with Crippen molar-refractivity contribution in [3.63, 3.8) is 0 Å². The number of amides is 2. The minimum Gasteiger partial charge on any atom is -0.478 e. The zero-order chi connectivity index (χ0) is 18.5. The minimum atomic E-state index is -0.964. The Morgan fingerprint density at radius 3 is 2.04 bits per heavy atom. The number of carbonyl (C=O) groups is 3. The summed E-state index contributed by atoms with van der Waals surface area (Å²) < 4.78 is 0. The molecule has 0 bridgehead atoms. The van der Waals surface area contributed by atoms with Gasteiger partial charge in [0.05, 0.1) is 12.0 Å². The summed E-state index contributed by atoms with van der Waals surface area (Å²) in [5, 5.41) is 8.92. The Labute approximate surface area is 153 Å². The second-order valence-corrected chi connectivity index (χ2v) is 7.30. The predicted molar refractivity (Wildman–Crippen MR) is 96.8 cm³/mol. The highest BCUT2D eigenvalue weighted by atomic mass is 16.4. The molecule has 0 saturated carbocycles. The van der Waals surface area contributed by atoms with Crippen molar-refractivity contribution in [2.24, 2.45) is 5.92 Å². The molecule has 0 aliphatic carbocycles. The number of carboxylic acid groups (broad SMARTS) is 1. The second-order valence-electron chi connectivity index (χ2n) is 7.30. The van der Waals surface area contributed by atoms with E-state index >= 15 is 0 Å². The SMILES string of the molecule is O=C(O)c1ccc(CC(=O)N2CCC(CC(=O)N3CCCC3)CC2)cc1. The van der Waals surface area contributed by atoms with Crippen molar-refractivity contribution < 1.29 is 19.5 Å². The first-order valence-electron chi connectivity index (χ1n) is 9.40. The topological polar surface area (TPSA) is 77.9 Å². The van der Waals surface area contributed by atoms with Gasteiger partial charge in [-0.1, -0.05) is 12.1 Å². The van der Waals surface area contributed by atoms with Crippen LogP contribution in [0.25, 0.3) is 0 Å². The van der Waals surface area contributed by atoms with Gasteiger partial charge in [0.1, 0.15) is 0 Å². The van der Waals surface area contributed by atoms with Crippen LogP contribution in [0, 0.1) is 5.92 Å². The fourth-order valence-electron chi connectivity index (χ4n) is 3.78. The monoisotopic (exact) mass is 358 g/mol. The maximum Gasteiger partial charge on any atom is 0.335 e. The molecule has 2 aliphatic heterocycles. The first-order chi connectivity index (χ1) is 12.5. The maximum atomic E-state index is 12.5. The number of hydrogen-bond acceptors (Lipinski definition) is 3. The summed E-state index contributed by atoms with van der Waals surface area (Å²) in [5.74, 6) is -0.251. The molecule has 0 unspecified atom stereocenters. The number of hydrogen-bond donors (Lipinski definition) is 1. The van der Waals surface area contributed by atoms with Gasteiger partial charge in [0.2, 0.25) is 11.8 Å². The average molecular weight is 358 g/mol. The number of rotatable bonds is 5. The number of benzene rings is 1. The first kappa shape index (κ1) is 18.4. The van der Waals surface area contributed by atoms with E-state index in [1.54, 1.807) is 12.1 Å². The van der Waals surface area contributed by atoms with Gasteiger partial charge in [-0.2, -0.15) is 0 Å². The van der Waals surface area contributed by atoms with E-state index in [4.69, 9.17) is 5.11 Å². The Morgan fingerprint density at radius 2 is 1.46 bits per heavy atom. The molecule has 6 heteroatoms. The van der Waals surface area contributed by atoms with Gasteiger partial charge >= 0.3 is 5.97 Å². The number of nitrogens with zero attached hydrogens (tertiary/aromatic N) is 2. The molecule has 26 heavy (non-hydrogen) atoms. The van der Waals surface area contributed by atoms with Crippen molar-refractivity contribution in [1.29, 1.82) is 0 Å².